The molecule has 0 heterocycles. The SMILES string of the molecule is COc1ccc(CCNCCC(C)CCC=C(C)C)cc1. The lowest BCUT2D eigenvalue weighted by molar-refractivity contribution is 0.414. The first kappa shape index (κ1) is 17.8. The molecule has 1 aromatic rings. The number of rotatable bonds is 10. The van der Waals surface area contributed by atoms with Crippen molar-refractivity contribution in [3.05, 3.63) is 41.5 Å². The van der Waals surface area contributed by atoms with Crippen LogP contribution in [0.3, 0.4) is 0 Å². The molecule has 0 aliphatic heterocycles. The smallest absolute Gasteiger partial charge is 0.118 e. The van der Waals surface area contributed by atoms with Crippen molar-refractivity contribution in [1.82, 2.24) is 5.32 Å². The van der Waals surface area contributed by atoms with Crippen molar-refractivity contribution in [3.63, 3.8) is 0 Å². The van der Waals surface area contributed by atoms with Crippen LogP contribution in [0.4, 0.5) is 0 Å². The summed E-state index contributed by atoms with van der Waals surface area (Å²) < 4.78 is 5.17. The summed E-state index contributed by atoms with van der Waals surface area (Å²) in [4.78, 5) is 0. The molecule has 1 N–H and O–H groups in total. The van der Waals surface area contributed by atoms with E-state index in [1.807, 2.05) is 12.1 Å². The molecule has 1 rings (SSSR count). The summed E-state index contributed by atoms with van der Waals surface area (Å²) in [6, 6.07) is 8.34. The molecule has 2 heteroatoms. The van der Waals surface area contributed by atoms with Crippen LogP contribution in [0.25, 0.3) is 0 Å². The molecular formula is C19H31NO. The summed E-state index contributed by atoms with van der Waals surface area (Å²) in [5, 5.41) is 3.55. The Hall–Kier alpha value is -1.28. The van der Waals surface area contributed by atoms with Gasteiger partial charge in [0.25, 0.3) is 0 Å². The molecular weight excluding hydrogens is 258 g/mol. The van der Waals surface area contributed by atoms with Gasteiger partial charge in [-0.15, -0.1) is 0 Å². The van der Waals surface area contributed by atoms with E-state index in [1.165, 1.54) is 30.4 Å². The van der Waals surface area contributed by atoms with E-state index in [9.17, 15) is 0 Å². The van der Waals surface area contributed by atoms with Crippen molar-refractivity contribution in [1.29, 1.82) is 0 Å². The van der Waals surface area contributed by atoms with E-state index in [-0.39, 0.29) is 0 Å². The number of ether oxygens (including phenoxy) is 1. The lowest BCUT2D eigenvalue weighted by Gasteiger charge is -2.11. The fraction of sp³-hybridized carbons (Fsp3) is 0.579. The minimum absolute atomic E-state index is 0.800. The van der Waals surface area contributed by atoms with E-state index < -0.39 is 0 Å². The van der Waals surface area contributed by atoms with Crippen molar-refractivity contribution in [2.45, 2.75) is 46.5 Å². The summed E-state index contributed by atoms with van der Waals surface area (Å²) in [5.74, 6) is 1.73. The highest BCUT2D eigenvalue weighted by Gasteiger charge is 2.01. The van der Waals surface area contributed by atoms with E-state index >= 15 is 0 Å². The van der Waals surface area contributed by atoms with Crippen molar-refractivity contribution in [2.24, 2.45) is 5.92 Å². The molecule has 0 radical (unpaired) electrons. The molecule has 0 spiro atoms. The quantitative estimate of drug-likeness (QED) is 0.502. The van der Waals surface area contributed by atoms with Gasteiger partial charge in [0.05, 0.1) is 7.11 Å². The summed E-state index contributed by atoms with van der Waals surface area (Å²) in [5.41, 5.74) is 2.79. The Morgan fingerprint density at radius 3 is 2.48 bits per heavy atom. The van der Waals surface area contributed by atoms with Crippen LogP contribution in [0.2, 0.25) is 0 Å². The second kappa shape index (κ2) is 10.4. The lowest BCUT2D eigenvalue weighted by Crippen LogP contribution is -2.20. The van der Waals surface area contributed by atoms with Gasteiger partial charge in [-0.05, 0) is 76.2 Å². The molecule has 0 saturated heterocycles. The Morgan fingerprint density at radius 1 is 1.14 bits per heavy atom. The predicted octanol–water partition coefficient (Wildman–Crippen LogP) is 4.60. The first-order valence-corrected chi connectivity index (χ1v) is 8.09. The highest BCUT2D eigenvalue weighted by atomic mass is 16.5. The van der Waals surface area contributed by atoms with Gasteiger partial charge in [-0.2, -0.15) is 0 Å². The van der Waals surface area contributed by atoms with Crippen molar-refractivity contribution >= 4 is 0 Å². The zero-order valence-electron chi connectivity index (χ0n) is 14.1. The Labute approximate surface area is 130 Å². The first-order chi connectivity index (χ1) is 10.1. The average molecular weight is 289 g/mol. The highest BCUT2D eigenvalue weighted by Crippen LogP contribution is 2.12. The van der Waals surface area contributed by atoms with Crippen LogP contribution in [-0.2, 0) is 6.42 Å². The molecule has 0 aliphatic carbocycles. The normalized spacial score (nSPS) is 12.0. The summed E-state index contributed by atoms with van der Waals surface area (Å²) in [6.45, 7) is 8.86. The van der Waals surface area contributed by atoms with Crippen LogP contribution < -0.4 is 10.1 Å². The van der Waals surface area contributed by atoms with E-state index in [0.717, 1.165) is 31.2 Å². The molecule has 0 aromatic heterocycles. The first-order valence-electron chi connectivity index (χ1n) is 8.09. The summed E-state index contributed by atoms with van der Waals surface area (Å²) in [6.07, 6.45) is 7.20. The van der Waals surface area contributed by atoms with Crippen LogP contribution >= 0.6 is 0 Å². The van der Waals surface area contributed by atoms with Crippen LogP contribution in [0.1, 0.15) is 45.6 Å². The van der Waals surface area contributed by atoms with E-state index in [4.69, 9.17) is 4.74 Å². The third-order valence-electron chi connectivity index (χ3n) is 3.78. The molecule has 1 aromatic carbocycles. The second-order valence-corrected chi connectivity index (χ2v) is 6.10. The van der Waals surface area contributed by atoms with Gasteiger partial charge in [-0.3, -0.25) is 0 Å². The Balaban J connectivity index is 2.06. The van der Waals surface area contributed by atoms with E-state index in [2.05, 4.69) is 44.3 Å². The molecule has 2 nitrogen and oxygen atoms in total. The zero-order valence-corrected chi connectivity index (χ0v) is 14.1. The number of nitrogens with one attached hydrogen (secondary N) is 1. The molecule has 1 atom stereocenters. The predicted molar refractivity (Wildman–Crippen MR) is 92.0 cm³/mol. The zero-order chi connectivity index (χ0) is 15.5. The maximum atomic E-state index is 5.17. The molecule has 0 aliphatic rings. The fourth-order valence-corrected chi connectivity index (χ4v) is 2.30. The number of methoxy groups -OCH3 is 1. The minimum atomic E-state index is 0.800. The van der Waals surface area contributed by atoms with Crippen molar-refractivity contribution in [2.75, 3.05) is 20.2 Å². The molecule has 0 bridgehead atoms. The number of hydrogen-bond donors (Lipinski definition) is 1. The van der Waals surface area contributed by atoms with Gasteiger partial charge in [0.2, 0.25) is 0 Å². The topological polar surface area (TPSA) is 21.3 Å². The molecule has 118 valence electrons. The van der Waals surface area contributed by atoms with Gasteiger partial charge in [-0.1, -0.05) is 30.7 Å². The Morgan fingerprint density at radius 2 is 1.86 bits per heavy atom. The van der Waals surface area contributed by atoms with Gasteiger partial charge in [0, 0.05) is 0 Å². The van der Waals surface area contributed by atoms with Crippen molar-refractivity contribution in [3.8, 4) is 5.75 Å². The molecule has 1 unspecified atom stereocenters. The number of benzene rings is 1. The fourth-order valence-electron chi connectivity index (χ4n) is 2.30. The van der Waals surface area contributed by atoms with Crippen LogP contribution in [-0.4, -0.2) is 20.2 Å². The van der Waals surface area contributed by atoms with Crippen molar-refractivity contribution < 1.29 is 4.74 Å². The Bertz CT molecular complexity index is 404. The Kier molecular flexibility index (Phi) is 8.84. The van der Waals surface area contributed by atoms with E-state index in [0.29, 0.717) is 0 Å². The standard InChI is InChI=1S/C19H31NO/c1-16(2)6-5-7-17(3)12-14-20-15-13-18-8-10-19(21-4)11-9-18/h6,8-11,17,20H,5,7,12-15H2,1-4H3. The minimum Gasteiger partial charge on any atom is -0.497 e. The molecule has 0 saturated carbocycles. The molecule has 0 amide bonds. The lowest BCUT2D eigenvalue weighted by atomic mass is 10.0. The molecule has 21 heavy (non-hydrogen) atoms. The molecule has 0 fully saturated rings. The summed E-state index contributed by atoms with van der Waals surface area (Å²) >= 11 is 0. The number of allylic oxidation sites excluding steroid dienone is 2. The average Bonchev–Trinajstić information content (AvgIpc) is 2.47. The third kappa shape index (κ3) is 8.56. The second-order valence-electron chi connectivity index (χ2n) is 6.10. The van der Waals surface area contributed by atoms with Crippen LogP contribution in [0, 0.1) is 5.92 Å². The maximum Gasteiger partial charge on any atom is 0.118 e. The maximum absolute atomic E-state index is 5.17. The van der Waals surface area contributed by atoms with Gasteiger partial charge in [0.1, 0.15) is 5.75 Å². The van der Waals surface area contributed by atoms with Gasteiger partial charge in [0.15, 0.2) is 0 Å². The van der Waals surface area contributed by atoms with Crippen LogP contribution in [0.15, 0.2) is 35.9 Å². The number of hydrogen-bond acceptors (Lipinski definition) is 2. The van der Waals surface area contributed by atoms with Gasteiger partial charge in [-0.25, -0.2) is 0 Å². The monoisotopic (exact) mass is 289 g/mol. The summed E-state index contributed by atoms with van der Waals surface area (Å²) in [7, 11) is 1.70. The van der Waals surface area contributed by atoms with E-state index in [1.54, 1.807) is 7.11 Å². The van der Waals surface area contributed by atoms with Crippen LogP contribution in [0.5, 0.6) is 5.75 Å². The van der Waals surface area contributed by atoms with Gasteiger partial charge < -0.3 is 10.1 Å². The highest BCUT2D eigenvalue weighted by molar-refractivity contribution is 5.27. The largest absolute Gasteiger partial charge is 0.497 e. The van der Waals surface area contributed by atoms with Gasteiger partial charge >= 0.3 is 0 Å². The third-order valence-corrected chi connectivity index (χ3v) is 3.78.